The van der Waals surface area contributed by atoms with Crippen LogP contribution in [0.2, 0.25) is 0 Å². The Balaban J connectivity index is 1.26. The minimum atomic E-state index is -1.42. The average Bonchev–Trinajstić information content (AvgIpc) is 3.95. The standard InChI is InChI=1S/C55H95N7O20/c1-38(65)60-51-54(76)53(75)42(35-64)82-55(51)80-30-14-11-18-44(68)57-25-16-27-59-46(70)23-32-78-37-39(61-47(71)19-9-7-5-3-2-4-6-8-12-28-62-48(72)20-21-49(62)73)36-77-31-22-45(69)58-26-15-24-56-43(67)17-10-13-29-79-50-33-40(66)52(74)41(34-63)81-50/h20-21,39-42,50-55,63-64,66,74-76H,2-19,22-37H2,1H3,(H,56,67)(H,57,68)(H,58,69)(H,59,70)(H,60,65)(H,61,71)/t39?,40-,41-,42-,50-,51-,52-,53+,54-,55-/m1/s1. The number of ether oxygens (including phenoxy) is 6. The largest absolute Gasteiger partial charge is 0.394 e. The van der Waals surface area contributed by atoms with E-state index in [2.05, 4.69) is 31.9 Å². The van der Waals surface area contributed by atoms with Gasteiger partial charge in [0.25, 0.3) is 11.8 Å². The Bertz CT molecular complexity index is 1900. The first-order valence-electron chi connectivity index (χ1n) is 29.3. The predicted octanol–water partition coefficient (Wildman–Crippen LogP) is -1.50. The van der Waals surface area contributed by atoms with E-state index < -0.39 is 80.4 Å². The van der Waals surface area contributed by atoms with Gasteiger partial charge in [-0.15, -0.1) is 0 Å². The number of nitrogens with one attached hydrogen (secondary N) is 6. The lowest BCUT2D eigenvalue weighted by molar-refractivity contribution is -0.270. The number of amides is 8. The van der Waals surface area contributed by atoms with Gasteiger partial charge in [0, 0.05) is 104 Å². The predicted molar refractivity (Wildman–Crippen MR) is 293 cm³/mol. The van der Waals surface area contributed by atoms with E-state index in [1.807, 2.05) is 0 Å². The summed E-state index contributed by atoms with van der Waals surface area (Å²) in [7, 11) is 0. The fourth-order valence-corrected chi connectivity index (χ4v) is 9.07. The van der Waals surface area contributed by atoms with Crippen LogP contribution in [0.3, 0.4) is 0 Å². The molecule has 8 amide bonds. The van der Waals surface area contributed by atoms with Gasteiger partial charge in [-0.25, -0.2) is 0 Å². The maximum absolute atomic E-state index is 13.0. The van der Waals surface area contributed by atoms with Gasteiger partial charge in [0.05, 0.1) is 51.8 Å². The second-order valence-corrected chi connectivity index (χ2v) is 20.8. The van der Waals surface area contributed by atoms with E-state index in [9.17, 15) is 69.0 Å². The van der Waals surface area contributed by atoms with Gasteiger partial charge >= 0.3 is 0 Å². The summed E-state index contributed by atoms with van der Waals surface area (Å²) in [5.41, 5.74) is 0. The second kappa shape index (κ2) is 42.9. The molecule has 1 unspecified atom stereocenters. The number of aliphatic hydroxyl groups excluding tert-OH is 6. The summed E-state index contributed by atoms with van der Waals surface area (Å²) in [5.74, 6) is -1.98. The van der Waals surface area contributed by atoms with E-state index in [-0.39, 0.29) is 113 Å². The SMILES string of the molecule is CC(=O)N[C@H]1[C@H](OCCCCC(=O)NCCCNC(=O)CCOCC(COCCC(=O)NCCCNC(=O)CCCCO[C@H]2C[C@@H](O)[C@@H](O)[C@@H](CO)O2)NC(=O)CCCCCCCCCCCN2C(=O)C=CC2=O)O[C@H](CO)[C@H](O)[C@@H]1O. The lowest BCUT2D eigenvalue weighted by Crippen LogP contribution is -2.64. The van der Waals surface area contributed by atoms with Crippen molar-refractivity contribution in [1.82, 2.24) is 36.8 Å². The molecule has 12 N–H and O–H groups in total. The van der Waals surface area contributed by atoms with E-state index in [4.69, 9.17) is 28.4 Å². The number of hydrogen-bond acceptors (Lipinski definition) is 20. The normalized spacial score (nSPS) is 22.9. The Morgan fingerprint density at radius 2 is 1.00 bits per heavy atom. The van der Waals surface area contributed by atoms with Crippen molar-refractivity contribution in [2.45, 2.75) is 203 Å². The highest BCUT2D eigenvalue weighted by atomic mass is 16.7. The fraction of sp³-hybridized carbons (Fsp3) is 0.818. The zero-order chi connectivity index (χ0) is 59.9. The van der Waals surface area contributed by atoms with Crippen LogP contribution < -0.4 is 31.9 Å². The molecule has 0 aliphatic carbocycles. The van der Waals surface area contributed by atoms with Crippen LogP contribution in [0.4, 0.5) is 0 Å². The molecule has 0 radical (unpaired) electrons. The molecule has 0 spiro atoms. The number of aliphatic hydroxyl groups is 6. The summed E-state index contributed by atoms with van der Waals surface area (Å²) in [5, 5.41) is 75.7. The van der Waals surface area contributed by atoms with Crippen LogP contribution in [0.1, 0.15) is 142 Å². The van der Waals surface area contributed by atoms with Gasteiger partial charge in [0.2, 0.25) is 35.4 Å². The van der Waals surface area contributed by atoms with Crippen molar-refractivity contribution in [3.05, 3.63) is 12.2 Å². The van der Waals surface area contributed by atoms with E-state index in [1.165, 1.54) is 24.0 Å². The van der Waals surface area contributed by atoms with Gasteiger partial charge in [-0.05, 0) is 51.4 Å². The van der Waals surface area contributed by atoms with Gasteiger partial charge in [-0.3, -0.25) is 43.3 Å². The monoisotopic (exact) mass is 1170 g/mol. The molecule has 3 aliphatic heterocycles. The van der Waals surface area contributed by atoms with Crippen LogP contribution in [-0.2, 0) is 66.8 Å². The van der Waals surface area contributed by atoms with Crippen LogP contribution in [-0.4, -0.2) is 230 Å². The first-order valence-corrected chi connectivity index (χ1v) is 29.3. The minimum absolute atomic E-state index is 0.0515. The molecule has 3 heterocycles. The Morgan fingerprint density at radius 1 is 0.549 bits per heavy atom. The summed E-state index contributed by atoms with van der Waals surface area (Å²) in [6, 6.07) is -1.60. The topological polar surface area (TPSA) is 389 Å². The molecule has 10 atom stereocenters. The first kappa shape index (κ1) is 71.5. The summed E-state index contributed by atoms with van der Waals surface area (Å²) >= 11 is 0. The van der Waals surface area contributed by atoms with Gasteiger partial charge in [-0.2, -0.15) is 0 Å². The fourth-order valence-electron chi connectivity index (χ4n) is 9.07. The van der Waals surface area contributed by atoms with Gasteiger partial charge < -0.3 is 91.0 Å². The molecular weight excluding hydrogens is 1080 g/mol. The number of unbranched alkanes of at least 4 members (excludes halogenated alkanes) is 10. The molecule has 27 nitrogen and oxygen atoms in total. The molecule has 82 heavy (non-hydrogen) atoms. The number of carbonyl (C=O) groups is 8. The summed E-state index contributed by atoms with van der Waals surface area (Å²) in [6.07, 6.45) is 6.09. The van der Waals surface area contributed by atoms with Gasteiger partial charge in [0.15, 0.2) is 12.6 Å². The lowest BCUT2D eigenvalue weighted by Gasteiger charge is -2.42. The number of nitrogens with zero attached hydrogens (tertiary/aromatic N) is 1. The third-order valence-electron chi connectivity index (χ3n) is 13.8. The van der Waals surface area contributed by atoms with Crippen molar-refractivity contribution in [3.63, 3.8) is 0 Å². The van der Waals surface area contributed by atoms with Crippen LogP contribution in [0.5, 0.6) is 0 Å². The molecule has 470 valence electrons. The Kier molecular flexibility index (Phi) is 37.4. The second-order valence-electron chi connectivity index (χ2n) is 20.8. The lowest BCUT2D eigenvalue weighted by atomic mass is 9.97. The number of carbonyl (C=O) groups excluding carboxylic acids is 8. The van der Waals surface area contributed by atoms with E-state index in [1.54, 1.807) is 0 Å². The van der Waals surface area contributed by atoms with Crippen LogP contribution >= 0.6 is 0 Å². The molecule has 2 fully saturated rings. The van der Waals surface area contributed by atoms with Crippen molar-refractivity contribution < 1.29 is 97.4 Å². The maximum Gasteiger partial charge on any atom is 0.253 e. The summed E-state index contributed by atoms with van der Waals surface area (Å²) in [6.45, 7) is 2.70. The average molecular weight is 1170 g/mol. The van der Waals surface area contributed by atoms with Crippen LogP contribution in [0, 0.1) is 0 Å². The van der Waals surface area contributed by atoms with E-state index in [0.29, 0.717) is 84.1 Å². The Morgan fingerprint density at radius 3 is 1.51 bits per heavy atom. The Labute approximate surface area is 481 Å². The van der Waals surface area contributed by atoms with Crippen molar-refractivity contribution >= 4 is 47.3 Å². The first-order chi connectivity index (χ1) is 39.5. The highest BCUT2D eigenvalue weighted by Crippen LogP contribution is 2.24. The van der Waals surface area contributed by atoms with E-state index >= 15 is 0 Å². The molecule has 0 aromatic rings. The molecule has 3 aliphatic rings. The molecule has 27 heteroatoms. The molecule has 0 aromatic carbocycles. The third-order valence-corrected chi connectivity index (χ3v) is 13.8. The smallest absolute Gasteiger partial charge is 0.253 e. The number of hydrogen-bond donors (Lipinski definition) is 12. The molecule has 0 saturated carbocycles. The molecule has 2 saturated heterocycles. The minimum Gasteiger partial charge on any atom is -0.394 e. The third kappa shape index (κ3) is 30.7. The molecular formula is C55H95N7O20. The number of rotatable bonds is 46. The highest BCUT2D eigenvalue weighted by Gasteiger charge is 2.45. The van der Waals surface area contributed by atoms with Crippen molar-refractivity contribution in [3.8, 4) is 0 Å². The van der Waals surface area contributed by atoms with Crippen molar-refractivity contribution in [2.75, 3.05) is 85.6 Å². The Hall–Kier alpha value is -4.78. The summed E-state index contributed by atoms with van der Waals surface area (Å²) in [4.78, 5) is 98.9. The molecule has 0 aromatic heterocycles. The van der Waals surface area contributed by atoms with Crippen LogP contribution in [0.25, 0.3) is 0 Å². The zero-order valence-corrected chi connectivity index (χ0v) is 47.8. The highest BCUT2D eigenvalue weighted by molar-refractivity contribution is 6.12. The van der Waals surface area contributed by atoms with E-state index in [0.717, 1.165) is 51.4 Å². The number of imide groups is 1. The quantitative estimate of drug-likeness (QED) is 0.0244. The summed E-state index contributed by atoms with van der Waals surface area (Å²) < 4.78 is 33.8. The molecule has 0 bridgehead atoms. The molecule has 3 rings (SSSR count). The van der Waals surface area contributed by atoms with Crippen LogP contribution in [0.15, 0.2) is 12.2 Å². The van der Waals surface area contributed by atoms with Crippen molar-refractivity contribution in [2.24, 2.45) is 0 Å². The maximum atomic E-state index is 13.0. The zero-order valence-electron chi connectivity index (χ0n) is 47.8. The van der Waals surface area contributed by atoms with Gasteiger partial charge in [0.1, 0.15) is 36.6 Å². The van der Waals surface area contributed by atoms with Crippen molar-refractivity contribution in [1.29, 1.82) is 0 Å². The van der Waals surface area contributed by atoms with Gasteiger partial charge in [-0.1, -0.05) is 44.9 Å².